The predicted octanol–water partition coefficient (Wildman–Crippen LogP) is 2.79. The number of benzene rings is 2. The monoisotopic (exact) mass is 467 g/mol. The summed E-state index contributed by atoms with van der Waals surface area (Å²) in [5.41, 5.74) is 1.92. The van der Waals surface area contributed by atoms with Gasteiger partial charge in [-0.15, -0.1) is 11.8 Å². The molecule has 30 heavy (non-hydrogen) atoms. The Labute approximate surface area is 185 Å². The Kier molecular flexibility index (Phi) is 6.26. The second kappa shape index (κ2) is 8.76. The number of thioether (sulfide) groups is 1. The minimum absolute atomic E-state index is 0.0905. The van der Waals surface area contributed by atoms with Crippen LogP contribution in [-0.4, -0.2) is 46.4 Å². The second-order valence-electron chi connectivity index (χ2n) is 7.17. The van der Waals surface area contributed by atoms with Gasteiger partial charge >= 0.3 is 0 Å². The highest BCUT2D eigenvalue weighted by Gasteiger charge is 2.26. The number of nitrogens with zero attached hydrogens (tertiary/aromatic N) is 1. The number of halogens is 1. The number of anilines is 1. The van der Waals surface area contributed by atoms with Gasteiger partial charge in [0.05, 0.1) is 29.7 Å². The number of carbonyl (C=O) groups is 1. The fraction of sp³-hybridized carbons (Fsp3) is 0.350. The van der Waals surface area contributed by atoms with E-state index in [9.17, 15) is 13.2 Å². The zero-order valence-electron chi connectivity index (χ0n) is 16.1. The first-order valence-corrected chi connectivity index (χ1v) is 12.5. The van der Waals surface area contributed by atoms with Gasteiger partial charge in [0.25, 0.3) is 5.91 Å². The zero-order valence-corrected chi connectivity index (χ0v) is 18.5. The Hall–Kier alpha value is -1.78. The van der Waals surface area contributed by atoms with Crippen molar-refractivity contribution in [2.75, 3.05) is 37.0 Å². The van der Waals surface area contributed by atoms with Gasteiger partial charge in [-0.05, 0) is 48.4 Å². The molecule has 10 heteroatoms. The van der Waals surface area contributed by atoms with E-state index in [0.717, 1.165) is 22.6 Å². The summed E-state index contributed by atoms with van der Waals surface area (Å²) in [4.78, 5) is 16.3. The number of hydrogen-bond acceptors (Lipinski definition) is 6. The molecule has 0 saturated carbocycles. The minimum Gasteiger partial charge on any atom is -0.378 e. The molecule has 1 saturated heterocycles. The number of nitrogens with one attached hydrogen (secondary N) is 1. The lowest BCUT2D eigenvalue weighted by Gasteiger charge is -2.31. The number of rotatable bonds is 4. The molecule has 0 bridgehead atoms. The molecule has 7 nitrogen and oxygen atoms in total. The molecule has 2 aromatic rings. The number of morpholine rings is 1. The number of hydrogen-bond donors (Lipinski definition) is 2. The molecule has 2 aliphatic rings. The van der Waals surface area contributed by atoms with E-state index in [4.69, 9.17) is 21.5 Å². The molecule has 1 atom stereocenters. The van der Waals surface area contributed by atoms with Gasteiger partial charge in [-0.3, -0.25) is 4.79 Å². The van der Waals surface area contributed by atoms with Gasteiger partial charge in [0.1, 0.15) is 0 Å². The molecule has 0 spiro atoms. The average Bonchev–Trinajstić information content (AvgIpc) is 2.73. The summed E-state index contributed by atoms with van der Waals surface area (Å²) in [6, 6.07) is 9.89. The van der Waals surface area contributed by atoms with Crippen molar-refractivity contribution in [3.05, 3.63) is 52.5 Å². The van der Waals surface area contributed by atoms with Crippen molar-refractivity contribution in [1.82, 2.24) is 5.32 Å². The van der Waals surface area contributed by atoms with Crippen LogP contribution in [0.3, 0.4) is 0 Å². The Morgan fingerprint density at radius 2 is 1.97 bits per heavy atom. The number of fused-ring (bicyclic) bond motifs is 1. The normalized spacial score (nSPS) is 19.3. The topological polar surface area (TPSA) is 102 Å². The summed E-state index contributed by atoms with van der Waals surface area (Å²) in [5.74, 6) is 0.525. The Morgan fingerprint density at radius 1 is 1.20 bits per heavy atom. The van der Waals surface area contributed by atoms with Crippen LogP contribution in [-0.2, 0) is 14.8 Å². The van der Waals surface area contributed by atoms with Gasteiger partial charge in [0, 0.05) is 34.4 Å². The third-order valence-electron chi connectivity index (χ3n) is 5.21. The highest BCUT2D eigenvalue weighted by atomic mass is 35.5. The first-order chi connectivity index (χ1) is 14.3. The lowest BCUT2D eigenvalue weighted by atomic mass is 10.0. The van der Waals surface area contributed by atoms with Crippen LogP contribution in [0.15, 0.2) is 46.2 Å². The standard InChI is InChI=1S/C20H22ClN3O4S2/c21-13-1-4-19-15(11-13)17(5-10-29-19)23-20(25)16-12-14(30(22,26)27)2-3-18(16)24-6-8-28-9-7-24/h1-4,11-12,17H,5-10H2,(H,23,25)(H2,22,26,27)/t17-/m1/s1. The van der Waals surface area contributed by atoms with E-state index in [2.05, 4.69) is 5.32 Å². The van der Waals surface area contributed by atoms with Crippen LogP contribution in [0, 0.1) is 0 Å². The van der Waals surface area contributed by atoms with E-state index in [-0.39, 0.29) is 22.4 Å². The van der Waals surface area contributed by atoms with Gasteiger partial charge in [0.2, 0.25) is 10.0 Å². The predicted molar refractivity (Wildman–Crippen MR) is 118 cm³/mol. The van der Waals surface area contributed by atoms with E-state index in [1.54, 1.807) is 17.8 Å². The summed E-state index contributed by atoms with van der Waals surface area (Å²) >= 11 is 7.90. The van der Waals surface area contributed by atoms with Crippen molar-refractivity contribution in [3.63, 3.8) is 0 Å². The van der Waals surface area contributed by atoms with E-state index in [1.165, 1.54) is 12.1 Å². The Balaban J connectivity index is 1.68. The first kappa shape index (κ1) is 21.5. The molecular weight excluding hydrogens is 446 g/mol. The zero-order chi connectivity index (χ0) is 21.3. The van der Waals surface area contributed by atoms with Crippen LogP contribution >= 0.6 is 23.4 Å². The number of primary sulfonamides is 1. The van der Waals surface area contributed by atoms with Gasteiger partial charge in [0.15, 0.2) is 0 Å². The number of carbonyl (C=O) groups excluding carboxylic acids is 1. The maximum atomic E-state index is 13.3. The van der Waals surface area contributed by atoms with Gasteiger partial charge in [-0.2, -0.15) is 0 Å². The van der Waals surface area contributed by atoms with Crippen LogP contribution in [0.1, 0.15) is 28.4 Å². The van der Waals surface area contributed by atoms with Gasteiger partial charge in [-0.1, -0.05) is 11.6 Å². The maximum absolute atomic E-state index is 13.3. The maximum Gasteiger partial charge on any atom is 0.253 e. The molecule has 2 aromatic carbocycles. The fourth-order valence-corrected chi connectivity index (χ4v) is 5.53. The summed E-state index contributed by atoms with van der Waals surface area (Å²) in [6.45, 7) is 2.33. The van der Waals surface area contributed by atoms with Crippen LogP contribution < -0.4 is 15.4 Å². The summed E-state index contributed by atoms with van der Waals surface area (Å²) < 4.78 is 29.2. The quantitative estimate of drug-likeness (QED) is 0.716. The molecule has 0 unspecified atom stereocenters. The van der Waals surface area contributed by atoms with Crippen molar-refractivity contribution >= 4 is 45.0 Å². The number of amides is 1. The van der Waals surface area contributed by atoms with E-state index in [0.29, 0.717) is 37.0 Å². The van der Waals surface area contributed by atoms with Gasteiger partial charge < -0.3 is 15.0 Å². The molecule has 1 fully saturated rings. The third-order valence-corrected chi connectivity index (χ3v) is 7.48. The van der Waals surface area contributed by atoms with Crippen molar-refractivity contribution in [2.24, 2.45) is 5.14 Å². The molecule has 2 aliphatic heterocycles. The van der Waals surface area contributed by atoms with Crippen LogP contribution in [0.4, 0.5) is 5.69 Å². The molecule has 0 aromatic heterocycles. The van der Waals surface area contributed by atoms with E-state index >= 15 is 0 Å². The SMILES string of the molecule is NS(=O)(=O)c1ccc(N2CCOCC2)c(C(=O)N[C@@H]2CCSc3ccc(Cl)cc32)c1. The van der Waals surface area contributed by atoms with Crippen molar-refractivity contribution < 1.29 is 17.9 Å². The first-order valence-electron chi connectivity index (χ1n) is 9.55. The highest BCUT2D eigenvalue weighted by molar-refractivity contribution is 7.99. The molecule has 160 valence electrons. The molecular formula is C20H22ClN3O4S2. The fourth-order valence-electron chi connectivity index (χ4n) is 3.71. The minimum atomic E-state index is -3.94. The lowest BCUT2D eigenvalue weighted by molar-refractivity contribution is 0.0933. The van der Waals surface area contributed by atoms with E-state index < -0.39 is 10.0 Å². The smallest absolute Gasteiger partial charge is 0.253 e. The molecule has 2 heterocycles. The largest absolute Gasteiger partial charge is 0.378 e. The molecule has 0 aliphatic carbocycles. The number of sulfonamides is 1. The third kappa shape index (κ3) is 4.60. The molecule has 3 N–H and O–H groups in total. The lowest BCUT2D eigenvalue weighted by Crippen LogP contribution is -2.38. The summed E-state index contributed by atoms with van der Waals surface area (Å²) in [6.07, 6.45) is 0.755. The summed E-state index contributed by atoms with van der Waals surface area (Å²) in [5, 5.41) is 8.99. The van der Waals surface area contributed by atoms with Crippen molar-refractivity contribution in [2.45, 2.75) is 22.3 Å². The van der Waals surface area contributed by atoms with Crippen LogP contribution in [0.25, 0.3) is 0 Å². The van der Waals surface area contributed by atoms with Gasteiger partial charge in [-0.25, -0.2) is 13.6 Å². The van der Waals surface area contributed by atoms with Crippen molar-refractivity contribution in [1.29, 1.82) is 0 Å². The number of nitrogens with two attached hydrogens (primary N) is 1. The summed E-state index contributed by atoms with van der Waals surface area (Å²) in [7, 11) is -3.94. The van der Waals surface area contributed by atoms with E-state index in [1.807, 2.05) is 23.1 Å². The molecule has 4 rings (SSSR count). The number of ether oxygens (including phenoxy) is 1. The average molecular weight is 468 g/mol. The van der Waals surface area contributed by atoms with Crippen molar-refractivity contribution in [3.8, 4) is 0 Å². The molecule has 0 radical (unpaired) electrons. The second-order valence-corrected chi connectivity index (χ2v) is 10.3. The Morgan fingerprint density at radius 3 is 2.70 bits per heavy atom. The van der Waals surface area contributed by atoms with Crippen LogP contribution in [0.2, 0.25) is 5.02 Å². The van der Waals surface area contributed by atoms with Crippen LogP contribution in [0.5, 0.6) is 0 Å². The highest BCUT2D eigenvalue weighted by Crippen LogP contribution is 2.38. The Bertz CT molecular complexity index is 1070. The molecule has 1 amide bonds.